The number of benzene rings is 1. The summed E-state index contributed by atoms with van der Waals surface area (Å²) in [5.74, 6) is 0.140. The molecular formula is C19H25N3O. The van der Waals surface area contributed by atoms with Crippen LogP contribution in [-0.4, -0.2) is 53.0 Å². The molecule has 0 aliphatic carbocycles. The molecule has 0 radical (unpaired) electrons. The number of carbonyl (C=O) groups is 1. The van der Waals surface area contributed by atoms with Crippen LogP contribution in [0.4, 0.5) is 0 Å². The lowest BCUT2D eigenvalue weighted by atomic mass is 10.1. The van der Waals surface area contributed by atoms with Crippen molar-refractivity contribution in [2.24, 2.45) is 7.05 Å². The Bertz CT molecular complexity index is 679. The Morgan fingerprint density at radius 2 is 1.70 bits per heavy atom. The van der Waals surface area contributed by atoms with Gasteiger partial charge in [-0.15, -0.1) is 0 Å². The second-order valence-electron chi connectivity index (χ2n) is 6.32. The standard InChI is InChI=1S/C19H25N3O/c1-4-21-9-11-22(12-10-21)19(23)18-13-17(14-20(18)3)16-7-5-15(2)6-8-16/h5-8,13-14H,4,9-12H2,1-3H3. The van der Waals surface area contributed by atoms with E-state index in [4.69, 9.17) is 0 Å². The molecule has 0 unspecified atom stereocenters. The lowest BCUT2D eigenvalue weighted by Crippen LogP contribution is -2.48. The summed E-state index contributed by atoms with van der Waals surface area (Å²) < 4.78 is 1.95. The van der Waals surface area contributed by atoms with Crippen LogP contribution in [0.15, 0.2) is 36.5 Å². The fourth-order valence-electron chi connectivity index (χ4n) is 3.11. The van der Waals surface area contributed by atoms with Crippen LogP contribution in [0.2, 0.25) is 0 Å². The number of rotatable bonds is 3. The maximum Gasteiger partial charge on any atom is 0.270 e. The summed E-state index contributed by atoms with van der Waals surface area (Å²) in [4.78, 5) is 17.2. The molecule has 4 heteroatoms. The fourth-order valence-corrected chi connectivity index (χ4v) is 3.11. The largest absolute Gasteiger partial charge is 0.346 e. The molecule has 4 nitrogen and oxygen atoms in total. The van der Waals surface area contributed by atoms with Gasteiger partial charge < -0.3 is 14.4 Å². The van der Waals surface area contributed by atoms with E-state index in [1.54, 1.807) is 0 Å². The summed E-state index contributed by atoms with van der Waals surface area (Å²) >= 11 is 0. The van der Waals surface area contributed by atoms with E-state index in [1.165, 1.54) is 5.56 Å². The first-order valence-corrected chi connectivity index (χ1v) is 8.33. The van der Waals surface area contributed by atoms with Crippen molar-refractivity contribution in [3.8, 4) is 11.1 Å². The summed E-state index contributed by atoms with van der Waals surface area (Å²) in [6, 6.07) is 10.4. The van der Waals surface area contributed by atoms with Crippen molar-refractivity contribution in [3.05, 3.63) is 47.8 Å². The molecule has 1 saturated heterocycles. The van der Waals surface area contributed by atoms with Gasteiger partial charge in [0, 0.05) is 45.0 Å². The van der Waals surface area contributed by atoms with Crippen LogP contribution < -0.4 is 0 Å². The molecule has 0 spiro atoms. The van der Waals surface area contributed by atoms with Crippen molar-refractivity contribution in [2.75, 3.05) is 32.7 Å². The third-order valence-electron chi connectivity index (χ3n) is 4.72. The number of likely N-dealkylation sites (N-methyl/N-ethyl adjacent to an activating group) is 1. The van der Waals surface area contributed by atoms with Gasteiger partial charge >= 0.3 is 0 Å². The first kappa shape index (κ1) is 15.8. The Morgan fingerprint density at radius 3 is 2.30 bits per heavy atom. The summed E-state index contributed by atoms with van der Waals surface area (Å²) in [5, 5.41) is 0. The van der Waals surface area contributed by atoms with Gasteiger partial charge in [-0.1, -0.05) is 36.8 Å². The maximum atomic E-state index is 12.8. The molecule has 3 rings (SSSR count). The number of piperazine rings is 1. The summed E-state index contributed by atoms with van der Waals surface area (Å²) in [7, 11) is 1.95. The van der Waals surface area contributed by atoms with E-state index in [-0.39, 0.29) is 5.91 Å². The lowest BCUT2D eigenvalue weighted by molar-refractivity contribution is 0.0634. The van der Waals surface area contributed by atoms with E-state index in [0.29, 0.717) is 0 Å². The number of hydrogen-bond donors (Lipinski definition) is 0. The van der Waals surface area contributed by atoms with Crippen LogP contribution in [0.25, 0.3) is 11.1 Å². The second kappa shape index (κ2) is 6.59. The second-order valence-corrected chi connectivity index (χ2v) is 6.32. The Balaban J connectivity index is 1.78. The normalized spacial score (nSPS) is 15.9. The van der Waals surface area contributed by atoms with E-state index in [2.05, 4.69) is 43.0 Å². The van der Waals surface area contributed by atoms with Crippen LogP contribution in [0.1, 0.15) is 23.0 Å². The monoisotopic (exact) mass is 311 g/mol. The van der Waals surface area contributed by atoms with Crippen molar-refractivity contribution in [2.45, 2.75) is 13.8 Å². The average Bonchev–Trinajstić information content (AvgIpc) is 2.96. The van der Waals surface area contributed by atoms with Crippen molar-refractivity contribution in [3.63, 3.8) is 0 Å². The van der Waals surface area contributed by atoms with E-state index >= 15 is 0 Å². The smallest absolute Gasteiger partial charge is 0.270 e. The number of nitrogens with zero attached hydrogens (tertiary/aromatic N) is 3. The molecule has 1 aromatic heterocycles. The Hall–Kier alpha value is -2.07. The number of hydrogen-bond acceptors (Lipinski definition) is 2. The molecule has 2 aromatic rings. The SMILES string of the molecule is CCN1CCN(C(=O)c2cc(-c3ccc(C)cc3)cn2C)CC1. The molecule has 1 aromatic carbocycles. The highest BCUT2D eigenvalue weighted by atomic mass is 16.2. The molecule has 0 bridgehead atoms. The van der Waals surface area contributed by atoms with Crippen molar-refractivity contribution in [1.29, 1.82) is 0 Å². The number of aromatic nitrogens is 1. The Kier molecular flexibility index (Phi) is 4.53. The predicted octanol–water partition coefficient (Wildman–Crippen LogP) is 2.78. The summed E-state index contributed by atoms with van der Waals surface area (Å²) in [6.07, 6.45) is 2.04. The predicted molar refractivity (Wildman–Crippen MR) is 93.6 cm³/mol. The van der Waals surface area contributed by atoms with E-state index in [9.17, 15) is 4.79 Å². The lowest BCUT2D eigenvalue weighted by Gasteiger charge is -2.34. The molecule has 0 saturated carbocycles. The minimum Gasteiger partial charge on any atom is -0.346 e. The van der Waals surface area contributed by atoms with Crippen molar-refractivity contribution in [1.82, 2.24) is 14.4 Å². The fraction of sp³-hybridized carbons (Fsp3) is 0.421. The number of aryl methyl sites for hydroxylation is 2. The molecule has 1 fully saturated rings. The first-order valence-electron chi connectivity index (χ1n) is 8.33. The van der Waals surface area contributed by atoms with Crippen LogP contribution in [0, 0.1) is 6.92 Å². The van der Waals surface area contributed by atoms with Gasteiger partial charge in [0.2, 0.25) is 0 Å². The van der Waals surface area contributed by atoms with Crippen LogP contribution in [0.5, 0.6) is 0 Å². The summed E-state index contributed by atoms with van der Waals surface area (Å²) in [6.45, 7) is 8.89. The van der Waals surface area contributed by atoms with Gasteiger partial charge in [-0.2, -0.15) is 0 Å². The van der Waals surface area contributed by atoms with Crippen LogP contribution in [-0.2, 0) is 7.05 Å². The zero-order valence-corrected chi connectivity index (χ0v) is 14.2. The highest BCUT2D eigenvalue weighted by molar-refractivity contribution is 5.94. The molecule has 1 aliphatic rings. The zero-order chi connectivity index (χ0) is 16.4. The third kappa shape index (κ3) is 3.32. The van der Waals surface area contributed by atoms with E-state index in [1.807, 2.05) is 28.8 Å². The Labute approximate surface area is 138 Å². The molecule has 0 atom stereocenters. The molecule has 2 heterocycles. The minimum atomic E-state index is 0.140. The van der Waals surface area contributed by atoms with E-state index < -0.39 is 0 Å². The van der Waals surface area contributed by atoms with Crippen LogP contribution in [0.3, 0.4) is 0 Å². The first-order chi connectivity index (χ1) is 11.1. The van der Waals surface area contributed by atoms with Gasteiger partial charge in [-0.05, 0) is 25.1 Å². The highest BCUT2D eigenvalue weighted by Gasteiger charge is 2.23. The van der Waals surface area contributed by atoms with Gasteiger partial charge in [0.1, 0.15) is 5.69 Å². The number of amides is 1. The van der Waals surface area contributed by atoms with Gasteiger partial charge in [0.05, 0.1) is 0 Å². The molecule has 1 aliphatic heterocycles. The average molecular weight is 311 g/mol. The number of carbonyl (C=O) groups excluding carboxylic acids is 1. The van der Waals surface area contributed by atoms with Gasteiger partial charge in [-0.25, -0.2) is 0 Å². The van der Waals surface area contributed by atoms with Crippen LogP contribution >= 0.6 is 0 Å². The Morgan fingerprint density at radius 1 is 1.04 bits per heavy atom. The maximum absolute atomic E-state index is 12.8. The molecule has 0 N–H and O–H groups in total. The van der Waals surface area contributed by atoms with Gasteiger partial charge in [-0.3, -0.25) is 4.79 Å². The molecule has 122 valence electrons. The van der Waals surface area contributed by atoms with Crippen molar-refractivity contribution >= 4 is 5.91 Å². The summed E-state index contributed by atoms with van der Waals surface area (Å²) in [5.41, 5.74) is 4.27. The van der Waals surface area contributed by atoms with Gasteiger partial charge in [0.15, 0.2) is 0 Å². The molecule has 23 heavy (non-hydrogen) atoms. The van der Waals surface area contributed by atoms with Crippen molar-refractivity contribution < 1.29 is 4.79 Å². The third-order valence-corrected chi connectivity index (χ3v) is 4.72. The van der Waals surface area contributed by atoms with E-state index in [0.717, 1.165) is 49.5 Å². The molecular weight excluding hydrogens is 286 g/mol. The topological polar surface area (TPSA) is 28.5 Å². The molecule has 1 amide bonds. The van der Waals surface area contributed by atoms with Gasteiger partial charge in [0.25, 0.3) is 5.91 Å². The highest BCUT2D eigenvalue weighted by Crippen LogP contribution is 2.23. The quantitative estimate of drug-likeness (QED) is 0.872. The minimum absolute atomic E-state index is 0.140. The zero-order valence-electron chi connectivity index (χ0n) is 14.2.